The van der Waals surface area contributed by atoms with Crippen LogP contribution in [0.1, 0.15) is 105 Å². The van der Waals surface area contributed by atoms with Crippen LogP contribution in [0, 0.1) is 0 Å². The maximum absolute atomic E-state index is 11.0. The summed E-state index contributed by atoms with van der Waals surface area (Å²) in [5.74, 6) is 0.237. The number of para-hydroxylation sites is 1. The average molecular weight is 1360 g/mol. The summed E-state index contributed by atoms with van der Waals surface area (Å²) < 4.78 is 195. The zero-order chi connectivity index (χ0) is 86.5. The lowest BCUT2D eigenvalue weighted by atomic mass is 9.31. The summed E-state index contributed by atoms with van der Waals surface area (Å²) in [5, 5.41) is -0.686. The van der Waals surface area contributed by atoms with E-state index in [0.29, 0.717) is 39.4 Å². The maximum Gasteiger partial charge on any atom is 0.256 e. The monoisotopic (exact) mass is 1360 g/mol. The number of aromatic nitrogens is 1. The first-order chi connectivity index (χ1) is 57.8. The van der Waals surface area contributed by atoms with Crippen molar-refractivity contribution in [2.75, 3.05) is 9.80 Å². The second kappa shape index (κ2) is 23.4. The van der Waals surface area contributed by atoms with E-state index in [2.05, 4.69) is 157 Å². The molecule has 0 unspecified atom stereocenters. The molecular formula is C96H76B2ClN3O. The Bertz CT molecular complexity index is 7010. The van der Waals surface area contributed by atoms with Gasteiger partial charge in [-0.15, -0.1) is 0 Å². The third-order valence-corrected chi connectivity index (χ3v) is 21.1. The molecule has 1 aromatic heterocycles. The molecule has 4 aliphatic heterocycles. The van der Waals surface area contributed by atoms with Crippen molar-refractivity contribution in [1.82, 2.24) is 4.57 Å². The molecule has 0 bridgehead atoms. The van der Waals surface area contributed by atoms with Crippen molar-refractivity contribution >= 4 is 114 Å². The summed E-state index contributed by atoms with van der Waals surface area (Å²) in [7, 11) is 0. The minimum Gasteiger partial charge on any atom is -0.456 e. The molecule has 0 aliphatic carbocycles. The van der Waals surface area contributed by atoms with Crippen LogP contribution in [0.3, 0.4) is 0 Å². The zero-order valence-electron chi connectivity index (χ0n) is 77.1. The normalized spacial score (nSPS) is 15.9. The van der Waals surface area contributed by atoms with E-state index in [1.54, 1.807) is 22.8 Å². The quantitative estimate of drug-likeness (QED) is 0.141. The van der Waals surface area contributed by atoms with Crippen molar-refractivity contribution in [2.24, 2.45) is 0 Å². The third-order valence-electron chi connectivity index (χ3n) is 20.9. The van der Waals surface area contributed by atoms with Crippen molar-refractivity contribution in [1.29, 1.82) is 0 Å². The molecule has 19 rings (SSSR count). The maximum atomic E-state index is 11.0. The summed E-state index contributed by atoms with van der Waals surface area (Å²) in [6.07, 6.45) is 0. The highest BCUT2D eigenvalue weighted by atomic mass is 35.5. The van der Waals surface area contributed by atoms with Gasteiger partial charge in [-0.2, -0.15) is 0 Å². The zero-order valence-corrected chi connectivity index (χ0v) is 58.9. The summed E-state index contributed by atoms with van der Waals surface area (Å²) in [6, 6.07) is 48.8. The number of hydrogen-bond acceptors (Lipinski definition) is 3. The Morgan fingerprint density at radius 2 is 0.845 bits per heavy atom. The Kier molecular flexibility index (Phi) is 10.3. The standard InChI is InChI=1S/C96H76B2ClN3O/c1-94(2,3)67-51-72(61-33-20-12-21-34-61)89(73(52-67)62-35-22-13-23-36-62)101-82-57-70(99)45-46-77(82)97-80-58-85-88-93(92(80)102(84-56-69(96(7,8)9)55-83(101)87(84)97)90-74(63-37-24-14-25-38-63)53-68(95(4,5)6)54-75(90)64-39-26-15-27-40-64)103-86-48-44-66(60-31-18-11-19-32-60)50-79(86)98(88)78-42-28-41-71-76-49-65(59-29-16-10-17-30-59)43-47-81(76)100(85)91(71)78/h10-58H,1-9H3/i10D,11D,16D,17D,18D,19D,28D,29D,30D,31D,32D,41D,42D,43D,45D,46D,47D,49D,57D. The van der Waals surface area contributed by atoms with E-state index >= 15 is 0 Å². The number of hydrogen-bond donors (Lipinski definition) is 0. The molecule has 5 heterocycles. The van der Waals surface area contributed by atoms with Gasteiger partial charge < -0.3 is 19.1 Å². The lowest BCUT2D eigenvalue weighted by Crippen LogP contribution is -2.64. The Hall–Kier alpha value is -11.3. The predicted molar refractivity (Wildman–Crippen MR) is 440 cm³/mol. The number of halogens is 1. The molecule has 0 saturated heterocycles. The molecule has 0 saturated carbocycles. The fourth-order valence-corrected chi connectivity index (χ4v) is 16.1. The number of anilines is 6. The van der Waals surface area contributed by atoms with Gasteiger partial charge in [-0.3, -0.25) is 0 Å². The van der Waals surface area contributed by atoms with Crippen LogP contribution in [-0.4, -0.2) is 18.0 Å². The van der Waals surface area contributed by atoms with Crippen molar-refractivity contribution in [3.8, 4) is 83.9 Å². The molecule has 0 amide bonds. The van der Waals surface area contributed by atoms with Gasteiger partial charge >= 0.3 is 0 Å². The predicted octanol–water partition coefficient (Wildman–Crippen LogP) is 22.3. The van der Waals surface area contributed by atoms with E-state index in [4.69, 9.17) is 24.6 Å². The number of benzene rings is 14. The second-order valence-electron chi connectivity index (χ2n) is 30.2. The van der Waals surface area contributed by atoms with E-state index in [1.807, 2.05) is 78.9 Å². The molecule has 4 aliphatic rings. The van der Waals surface area contributed by atoms with Gasteiger partial charge in [0.1, 0.15) is 11.5 Å². The summed E-state index contributed by atoms with van der Waals surface area (Å²) >= 11 is 7.60. The highest BCUT2D eigenvalue weighted by molar-refractivity contribution is 7.02. The van der Waals surface area contributed by atoms with Crippen molar-refractivity contribution in [2.45, 2.75) is 78.6 Å². The minimum atomic E-state index is -1.34. The van der Waals surface area contributed by atoms with Gasteiger partial charge in [0.2, 0.25) is 0 Å². The van der Waals surface area contributed by atoms with Gasteiger partial charge in [-0.25, -0.2) is 0 Å². The number of rotatable bonds is 8. The van der Waals surface area contributed by atoms with E-state index in [1.165, 1.54) is 0 Å². The summed E-state index contributed by atoms with van der Waals surface area (Å²) in [6.45, 7) is 16.8. The van der Waals surface area contributed by atoms with Crippen LogP contribution in [0.4, 0.5) is 34.1 Å². The van der Waals surface area contributed by atoms with Crippen LogP contribution >= 0.6 is 11.6 Å². The molecule has 14 aromatic carbocycles. The SMILES string of the molecule is [2H]c1c([2H])c([2H])c(-c2ccc3c(c2)B2c4c(cc5c(c4O3)N(c3c(-c4ccccc4)cc(C(C)(C)C)cc3-c3ccccc3)c3cc(C(C)(C)C)cc4c3B5c3c([2H])c([2H])c(Cl)c([2H])c3N4c3c(-c4ccccc4)cc(C(C)(C)C)cc3-c3ccccc3)-n3c4c([2H])c([2H])c(-c5c([2H])c([2H])c([2H])c([2H])c5[2H])c([2H])c4c4c([2H])c([2H])c([2H])c2c43)c([2H])c1[2H]. The Morgan fingerprint density at radius 3 is 1.38 bits per heavy atom. The van der Waals surface area contributed by atoms with Gasteiger partial charge in [0.15, 0.2) is 0 Å². The minimum absolute atomic E-state index is 0.0137. The number of nitrogens with zero attached hydrogens (tertiary/aromatic N) is 3. The molecule has 0 N–H and O–H groups in total. The Balaban J connectivity index is 1.08. The molecule has 0 atom stereocenters. The molecule has 15 aromatic rings. The van der Waals surface area contributed by atoms with Crippen molar-refractivity contribution in [3.05, 3.63) is 319 Å². The Morgan fingerprint density at radius 1 is 0.350 bits per heavy atom. The highest BCUT2D eigenvalue weighted by Gasteiger charge is 2.51. The molecule has 0 spiro atoms. The third kappa shape index (κ3) is 9.96. The molecule has 4 nitrogen and oxygen atoms in total. The van der Waals surface area contributed by atoms with Crippen LogP contribution in [0.5, 0.6) is 11.5 Å². The summed E-state index contributed by atoms with van der Waals surface area (Å²) in [5.41, 5.74) is 11.0. The van der Waals surface area contributed by atoms with Gasteiger partial charge in [0.25, 0.3) is 13.4 Å². The topological polar surface area (TPSA) is 20.6 Å². The first kappa shape index (κ1) is 45.5. The van der Waals surface area contributed by atoms with Crippen molar-refractivity contribution < 1.29 is 30.8 Å². The van der Waals surface area contributed by atoms with E-state index in [-0.39, 0.29) is 94.8 Å². The first-order valence-electron chi connectivity index (χ1n) is 44.3. The van der Waals surface area contributed by atoms with Crippen LogP contribution < -0.4 is 47.3 Å². The molecule has 7 heteroatoms. The average Bonchev–Trinajstić information content (AvgIpc) is 1.28. The second-order valence-corrected chi connectivity index (χ2v) is 30.6. The van der Waals surface area contributed by atoms with Crippen LogP contribution in [0.15, 0.2) is 297 Å². The molecule has 494 valence electrons. The molecule has 103 heavy (non-hydrogen) atoms. The molecular weight excluding hydrogens is 1270 g/mol. The van der Waals surface area contributed by atoms with Crippen molar-refractivity contribution in [3.63, 3.8) is 0 Å². The summed E-state index contributed by atoms with van der Waals surface area (Å²) in [4.78, 5) is 4.33. The Labute approximate surface area is 637 Å². The van der Waals surface area contributed by atoms with Crippen LogP contribution in [0.25, 0.3) is 94.3 Å². The lowest BCUT2D eigenvalue weighted by Gasteiger charge is -2.48. The highest BCUT2D eigenvalue weighted by Crippen LogP contribution is 2.57. The van der Waals surface area contributed by atoms with E-state index < -0.39 is 144 Å². The van der Waals surface area contributed by atoms with E-state index in [9.17, 15) is 17.8 Å². The largest absolute Gasteiger partial charge is 0.456 e. The fraction of sp³-hybridized carbons (Fsp3) is 0.125. The van der Waals surface area contributed by atoms with Gasteiger partial charge in [0.05, 0.1) is 48.6 Å². The number of fused-ring (bicyclic) bond motifs is 12. The smallest absolute Gasteiger partial charge is 0.256 e. The van der Waals surface area contributed by atoms with Gasteiger partial charge in [-0.05, 0) is 183 Å². The number of ether oxygens (including phenoxy) is 1. The van der Waals surface area contributed by atoms with Gasteiger partial charge in [-0.1, -0.05) is 298 Å². The first-order valence-corrected chi connectivity index (χ1v) is 35.1. The lowest BCUT2D eigenvalue weighted by molar-refractivity contribution is 0.488. The van der Waals surface area contributed by atoms with Crippen LogP contribution in [-0.2, 0) is 16.2 Å². The molecule has 0 fully saturated rings. The van der Waals surface area contributed by atoms with Crippen LogP contribution in [0.2, 0.25) is 5.02 Å². The van der Waals surface area contributed by atoms with E-state index in [0.717, 1.165) is 61.2 Å². The van der Waals surface area contributed by atoms with Gasteiger partial charge in [0, 0.05) is 66.3 Å². The molecule has 0 radical (unpaired) electrons. The fourth-order valence-electron chi connectivity index (χ4n) is 15.9.